The van der Waals surface area contributed by atoms with Crippen LogP contribution in [0.2, 0.25) is 0 Å². The third kappa shape index (κ3) is 2.08. The molecule has 17 heavy (non-hydrogen) atoms. The highest BCUT2D eigenvalue weighted by Gasteiger charge is 2.14. The van der Waals surface area contributed by atoms with E-state index < -0.39 is 5.97 Å². The first-order valence-electron chi connectivity index (χ1n) is 5.52. The average molecular weight is 233 g/mol. The second kappa shape index (κ2) is 4.45. The summed E-state index contributed by atoms with van der Waals surface area (Å²) in [7, 11) is 0. The fourth-order valence-corrected chi connectivity index (χ4v) is 1.94. The standard InChI is InChI=1S/C12H15N3O2/c1-3-14-7-5-13-10(14)8-15-6-4-9(2)11(15)12(16)17/h4-7H,3,8H2,1-2H3,(H,16,17). The topological polar surface area (TPSA) is 60.0 Å². The summed E-state index contributed by atoms with van der Waals surface area (Å²) >= 11 is 0. The van der Waals surface area contributed by atoms with Gasteiger partial charge in [-0.05, 0) is 25.5 Å². The molecule has 0 atom stereocenters. The predicted octanol–water partition coefficient (Wildman–Crippen LogP) is 1.76. The lowest BCUT2D eigenvalue weighted by Gasteiger charge is -2.08. The largest absolute Gasteiger partial charge is 0.477 e. The third-order valence-electron chi connectivity index (χ3n) is 2.82. The van der Waals surface area contributed by atoms with E-state index in [1.165, 1.54) is 0 Å². The molecule has 90 valence electrons. The van der Waals surface area contributed by atoms with E-state index in [1.807, 2.05) is 23.8 Å². The lowest BCUT2D eigenvalue weighted by atomic mass is 10.3. The molecule has 0 aliphatic heterocycles. The Morgan fingerprint density at radius 1 is 1.41 bits per heavy atom. The van der Waals surface area contributed by atoms with Crippen LogP contribution < -0.4 is 0 Å². The summed E-state index contributed by atoms with van der Waals surface area (Å²) < 4.78 is 3.72. The number of carboxylic acids is 1. The van der Waals surface area contributed by atoms with Gasteiger partial charge in [-0.1, -0.05) is 0 Å². The van der Waals surface area contributed by atoms with Crippen LogP contribution in [0.3, 0.4) is 0 Å². The fraction of sp³-hybridized carbons (Fsp3) is 0.333. The number of hydrogen-bond donors (Lipinski definition) is 1. The maximum Gasteiger partial charge on any atom is 0.352 e. The maximum absolute atomic E-state index is 11.1. The number of aromatic carboxylic acids is 1. The van der Waals surface area contributed by atoms with Crippen molar-refractivity contribution < 1.29 is 9.90 Å². The van der Waals surface area contributed by atoms with Gasteiger partial charge in [0, 0.05) is 25.1 Å². The predicted molar refractivity (Wildman–Crippen MR) is 63.1 cm³/mol. The Balaban J connectivity index is 2.33. The highest BCUT2D eigenvalue weighted by Crippen LogP contribution is 2.12. The fourth-order valence-electron chi connectivity index (χ4n) is 1.94. The Morgan fingerprint density at radius 2 is 2.18 bits per heavy atom. The van der Waals surface area contributed by atoms with Gasteiger partial charge in [-0.25, -0.2) is 9.78 Å². The second-order valence-corrected chi connectivity index (χ2v) is 3.91. The van der Waals surface area contributed by atoms with Gasteiger partial charge in [0.15, 0.2) is 0 Å². The van der Waals surface area contributed by atoms with Crippen molar-refractivity contribution in [3.8, 4) is 0 Å². The van der Waals surface area contributed by atoms with Crippen molar-refractivity contribution in [1.29, 1.82) is 0 Å². The molecule has 2 rings (SSSR count). The molecule has 0 radical (unpaired) electrons. The molecule has 0 spiro atoms. The van der Waals surface area contributed by atoms with Gasteiger partial charge in [-0.15, -0.1) is 0 Å². The SMILES string of the molecule is CCn1ccnc1Cn1ccc(C)c1C(=O)O. The van der Waals surface area contributed by atoms with Gasteiger partial charge in [0.25, 0.3) is 0 Å². The lowest BCUT2D eigenvalue weighted by molar-refractivity contribution is 0.0684. The van der Waals surface area contributed by atoms with Crippen molar-refractivity contribution in [2.24, 2.45) is 0 Å². The summed E-state index contributed by atoms with van der Waals surface area (Å²) in [6.07, 6.45) is 5.41. The molecule has 0 aliphatic carbocycles. The van der Waals surface area contributed by atoms with E-state index in [-0.39, 0.29) is 0 Å². The van der Waals surface area contributed by atoms with Gasteiger partial charge < -0.3 is 14.2 Å². The van der Waals surface area contributed by atoms with E-state index in [4.69, 9.17) is 5.11 Å². The van der Waals surface area contributed by atoms with E-state index >= 15 is 0 Å². The minimum atomic E-state index is -0.901. The van der Waals surface area contributed by atoms with Gasteiger partial charge in [0.05, 0.1) is 6.54 Å². The van der Waals surface area contributed by atoms with Crippen LogP contribution in [-0.4, -0.2) is 25.2 Å². The molecule has 5 heteroatoms. The monoisotopic (exact) mass is 233 g/mol. The highest BCUT2D eigenvalue weighted by molar-refractivity contribution is 5.87. The molecule has 0 bridgehead atoms. The van der Waals surface area contributed by atoms with E-state index in [0.717, 1.165) is 17.9 Å². The molecule has 2 heterocycles. The molecule has 0 aliphatic rings. The van der Waals surface area contributed by atoms with Crippen LogP contribution in [0.1, 0.15) is 28.8 Å². The average Bonchev–Trinajstić information content (AvgIpc) is 2.86. The van der Waals surface area contributed by atoms with E-state index in [0.29, 0.717) is 12.2 Å². The van der Waals surface area contributed by atoms with Crippen molar-refractivity contribution >= 4 is 5.97 Å². The van der Waals surface area contributed by atoms with Gasteiger partial charge in [-0.2, -0.15) is 0 Å². The van der Waals surface area contributed by atoms with Crippen molar-refractivity contribution in [3.63, 3.8) is 0 Å². The lowest BCUT2D eigenvalue weighted by Crippen LogP contribution is -2.13. The minimum absolute atomic E-state index is 0.329. The van der Waals surface area contributed by atoms with Gasteiger partial charge in [0.2, 0.25) is 0 Å². The number of nitrogens with zero attached hydrogens (tertiary/aromatic N) is 3. The first kappa shape index (κ1) is 11.4. The number of hydrogen-bond acceptors (Lipinski definition) is 2. The van der Waals surface area contributed by atoms with Gasteiger partial charge in [0.1, 0.15) is 11.5 Å². The first-order valence-corrected chi connectivity index (χ1v) is 5.52. The van der Waals surface area contributed by atoms with Crippen LogP contribution in [0.5, 0.6) is 0 Å². The van der Waals surface area contributed by atoms with E-state index in [2.05, 4.69) is 4.98 Å². The Morgan fingerprint density at radius 3 is 2.82 bits per heavy atom. The molecular formula is C12H15N3O2. The Hall–Kier alpha value is -2.04. The zero-order valence-corrected chi connectivity index (χ0v) is 9.92. The third-order valence-corrected chi connectivity index (χ3v) is 2.82. The van der Waals surface area contributed by atoms with E-state index in [9.17, 15) is 4.79 Å². The summed E-state index contributed by atoms with van der Waals surface area (Å²) in [5, 5.41) is 9.14. The van der Waals surface area contributed by atoms with Crippen LogP contribution in [0.15, 0.2) is 24.7 Å². The van der Waals surface area contributed by atoms with Crippen LogP contribution in [0, 0.1) is 6.92 Å². The molecular weight excluding hydrogens is 218 g/mol. The van der Waals surface area contributed by atoms with Crippen LogP contribution >= 0.6 is 0 Å². The molecule has 1 N–H and O–H groups in total. The molecule has 0 unspecified atom stereocenters. The number of aryl methyl sites for hydroxylation is 2. The smallest absolute Gasteiger partial charge is 0.352 e. The molecule has 0 aromatic carbocycles. The van der Waals surface area contributed by atoms with Crippen LogP contribution in [0.25, 0.3) is 0 Å². The van der Waals surface area contributed by atoms with Crippen molar-refractivity contribution in [1.82, 2.24) is 14.1 Å². The maximum atomic E-state index is 11.1. The highest BCUT2D eigenvalue weighted by atomic mass is 16.4. The quantitative estimate of drug-likeness (QED) is 0.875. The molecule has 0 saturated carbocycles. The summed E-state index contributed by atoms with van der Waals surface area (Å²) in [4.78, 5) is 15.4. The Kier molecular flexibility index (Phi) is 2.99. The normalized spacial score (nSPS) is 10.7. The Labute approximate surface area is 99.3 Å². The first-order chi connectivity index (χ1) is 8.13. The molecule has 2 aromatic rings. The Bertz CT molecular complexity index is 540. The number of aromatic nitrogens is 3. The van der Waals surface area contributed by atoms with E-state index in [1.54, 1.807) is 23.9 Å². The van der Waals surface area contributed by atoms with Gasteiger partial charge in [-0.3, -0.25) is 0 Å². The van der Waals surface area contributed by atoms with Crippen molar-refractivity contribution in [3.05, 3.63) is 41.7 Å². The number of imidazole rings is 1. The zero-order valence-electron chi connectivity index (χ0n) is 9.92. The zero-order chi connectivity index (χ0) is 12.4. The van der Waals surface area contributed by atoms with Crippen molar-refractivity contribution in [2.75, 3.05) is 0 Å². The van der Waals surface area contributed by atoms with Crippen LogP contribution in [0.4, 0.5) is 0 Å². The molecule has 0 amide bonds. The molecule has 2 aromatic heterocycles. The molecule has 0 fully saturated rings. The second-order valence-electron chi connectivity index (χ2n) is 3.91. The number of rotatable bonds is 4. The molecule has 0 saturated heterocycles. The van der Waals surface area contributed by atoms with Crippen LogP contribution in [-0.2, 0) is 13.1 Å². The summed E-state index contributed by atoms with van der Waals surface area (Å²) in [6, 6.07) is 1.81. The van der Waals surface area contributed by atoms with Gasteiger partial charge >= 0.3 is 5.97 Å². The number of carbonyl (C=O) groups is 1. The summed E-state index contributed by atoms with van der Waals surface area (Å²) in [6.45, 7) is 5.14. The summed E-state index contributed by atoms with van der Waals surface area (Å²) in [5.41, 5.74) is 1.10. The van der Waals surface area contributed by atoms with Crippen molar-refractivity contribution in [2.45, 2.75) is 26.9 Å². The summed E-state index contributed by atoms with van der Waals surface area (Å²) in [5.74, 6) is -0.0345. The molecule has 5 nitrogen and oxygen atoms in total. The minimum Gasteiger partial charge on any atom is -0.477 e. The number of carboxylic acid groups (broad SMARTS) is 1.